The van der Waals surface area contributed by atoms with Crippen LogP contribution in [0.15, 0.2) is 60.8 Å². The van der Waals surface area contributed by atoms with Crippen molar-refractivity contribution in [3.63, 3.8) is 0 Å². The Hall–Kier alpha value is -3.27. The summed E-state index contributed by atoms with van der Waals surface area (Å²) < 4.78 is 0. The number of aryl methyl sites for hydroxylation is 1. The first-order valence-electron chi connectivity index (χ1n) is 8.71. The standard InChI is InChI=1S/C22H19N3O/c1-3-18-14(2)21(17-8-4-5-9-20(17)25-18)22(26)24-16-10-11-19-15(13-16)7-6-12-23-19/h4-13H,3H2,1-2H3,(H,24,26). The highest BCUT2D eigenvalue weighted by Gasteiger charge is 2.17. The molecule has 0 aliphatic heterocycles. The van der Waals surface area contributed by atoms with Gasteiger partial charge in [-0.1, -0.05) is 31.2 Å². The Morgan fingerprint density at radius 2 is 1.88 bits per heavy atom. The smallest absolute Gasteiger partial charge is 0.256 e. The zero-order chi connectivity index (χ0) is 18.1. The van der Waals surface area contributed by atoms with Crippen LogP contribution in [0.5, 0.6) is 0 Å². The average molecular weight is 341 g/mol. The Morgan fingerprint density at radius 1 is 1.04 bits per heavy atom. The van der Waals surface area contributed by atoms with Crippen LogP contribution in [0.2, 0.25) is 0 Å². The fourth-order valence-electron chi connectivity index (χ4n) is 3.34. The molecule has 0 atom stereocenters. The molecular formula is C22H19N3O. The van der Waals surface area contributed by atoms with Gasteiger partial charge >= 0.3 is 0 Å². The third-order valence-electron chi connectivity index (χ3n) is 4.66. The molecule has 2 aromatic carbocycles. The van der Waals surface area contributed by atoms with Crippen LogP contribution >= 0.6 is 0 Å². The Morgan fingerprint density at radius 3 is 2.73 bits per heavy atom. The van der Waals surface area contributed by atoms with E-state index in [2.05, 4.69) is 17.2 Å². The molecular weight excluding hydrogens is 322 g/mol. The van der Waals surface area contributed by atoms with Gasteiger partial charge in [-0.25, -0.2) is 0 Å². The zero-order valence-corrected chi connectivity index (χ0v) is 14.8. The molecule has 2 heterocycles. The number of nitrogens with one attached hydrogen (secondary N) is 1. The number of aromatic nitrogens is 2. The van der Waals surface area contributed by atoms with E-state index in [-0.39, 0.29) is 5.91 Å². The van der Waals surface area contributed by atoms with Crippen molar-refractivity contribution in [1.82, 2.24) is 9.97 Å². The number of anilines is 1. The van der Waals surface area contributed by atoms with E-state index in [0.717, 1.165) is 45.2 Å². The van der Waals surface area contributed by atoms with Gasteiger partial charge in [-0.2, -0.15) is 0 Å². The summed E-state index contributed by atoms with van der Waals surface area (Å²) >= 11 is 0. The van der Waals surface area contributed by atoms with Crippen LogP contribution in [0.25, 0.3) is 21.8 Å². The summed E-state index contributed by atoms with van der Waals surface area (Å²) in [6.07, 6.45) is 2.55. The highest BCUT2D eigenvalue weighted by Crippen LogP contribution is 2.25. The molecule has 4 nitrogen and oxygen atoms in total. The van der Waals surface area contributed by atoms with Gasteiger partial charge in [0.25, 0.3) is 5.91 Å². The Bertz CT molecular complexity index is 1130. The van der Waals surface area contributed by atoms with Gasteiger partial charge in [0.15, 0.2) is 0 Å². The van der Waals surface area contributed by atoms with Crippen LogP contribution in [-0.2, 0) is 6.42 Å². The van der Waals surface area contributed by atoms with Crippen LogP contribution in [-0.4, -0.2) is 15.9 Å². The summed E-state index contributed by atoms with van der Waals surface area (Å²) in [5.74, 6) is -0.112. The van der Waals surface area contributed by atoms with Crippen LogP contribution in [0.3, 0.4) is 0 Å². The number of hydrogen-bond acceptors (Lipinski definition) is 3. The number of benzene rings is 2. The van der Waals surface area contributed by atoms with Gasteiger partial charge in [0.1, 0.15) is 0 Å². The van der Waals surface area contributed by atoms with Crippen molar-refractivity contribution in [3.05, 3.63) is 77.6 Å². The van der Waals surface area contributed by atoms with Crippen molar-refractivity contribution in [2.24, 2.45) is 0 Å². The molecule has 4 aromatic rings. The minimum absolute atomic E-state index is 0.112. The van der Waals surface area contributed by atoms with E-state index in [0.29, 0.717) is 5.56 Å². The number of fused-ring (bicyclic) bond motifs is 2. The molecule has 0 unspecified atom stereocenters. The molecule has 0 bridgehead atoms. The monoisotopic (exact) mass is 341 g/mol. The summed E-state index contributed by atoms with van der Waals surface area (Å²) in [6, 6.07) is 17.4. The van der Waals surface area contributed by atoms with Gasteiger partial charge in [-0.15, -0.1) is 0 Å². The second kappa shape index (κ2) is 6.56. The van der Waals surface area contributed by atoms with Crippen molar-refractivity contribution in [2.75, 3.05) is 5.32 Å². The predicted molar refractivity (Wildman–Crippen MR) is 106 cm³/mol. The normalized spacial score (nSPS) is 11.0. The van der Waals surface area contributed by atoms with Crippen LogP contribution in [0.4, 0.5) is 5.69 Å². The number of para-hydroxylation sites is 1. The summed E-state index contributed by atoms with van der Waals surface area (Å²) in [5.41, 5.74) is 5.10. The molecule has 0 spiro atoms. The zero-order valence-electron chi connectivity index (χ0n) is 14.8. The maximum absolute atomic E-state index is 13.1. The lowest BCUT2D eigenvalue weighted by atomic mass is 9.99. The Labute approximate surface area is 151 Å². The number of nitrogens with zero attached hydrogens (tertiary/aromatic N) is 2. The first-order valence-corrected chi connectivity index (χ1v) is 8.71. The minimum atomic E-state index is -0.112. The highest BCUT2D eigenvalue weighted by molar-refractivity contribution is 6.13. The van der Waals surface area contributed by atoms with Crippen LogP contribution in [0, 0.1) is 6.92 Å². The van der Waals surface area contributed by atoms with Gasteiger partial charge in [0.2, 0.25) is 0 Å². The molecule has 2 aromatic heterocycles. The van der Waals surface area contributed by atoms with E-state index >= 15 is 0 Å². The van der Waals surface area contributed by atoms with Crippen molar-refractivity contribution in [1.29, 1.82) is 0 Å². The summed E-state index contributed by atoms with van der Waals surface area (Å²) in [4.78, 5) is 22.1. The Balaban J connectivity index is 1.78. The minimum Gasteiger partial charge on any atom is -0.322 e. The molecule has 0 radical (unpaired) electrons. The van der Waals surface area contributed by atoms with Crippen LogP contribution < -0.4 is 5.32 Å². The van der Waals surface area contributed by atoms with Gasteiger partial charge in [0, 0.05) is 28.4 Å². The van der Waals surface area contributed by atoms with E-state index in [1.807, 2.05) is 61.5 Å². The first kappa shape index (κ1) is 16.2. The average Bonchev–Trinajstić information content (AvgIpc) is 2.67. The summed E-state index contributed by atoms with van der Waals surface area (Å²) in [5, 5.41) is 4.91. The third kappa shape index (κ3) is 2.80. The number of rotatable bonds is 3. The molecule has 0 fully saturated rings. The molecule has 4 heteroatoms. The predicted octanol–water partition coefficient (Wildman–Crippen LogP) is 4.91. The van der Waals surface area contributed by atoms with E-state index < -0.39 is 0 Å². The maximum atomic E-state index is 13.1. The van der Waals surface area contributed by atoms with E-state index in [9.17, 15) is 4.79 Å². The molecule has 0 aliphatic carbocycles. The molecule has 26 heavy (non-hydrogen) atoms. The fourth-order valence-corrected chi connectivity index (χ4v) is 3.34. The van der Waals surface area contributed by atoms with E-state index in [1.165, 1.54) is 0 Å². The summed E-state index contributed by atoms with van der Waals surface area (Å²) in [7, 11) is 0. The lowest BCUT2D eigenvalue weighted by Crippen LogP contribution is -2.15. The SMILES string of the molecule is CCc1nc2ccccc2c(C(=O)Nc2ccc3ncccc3c2)c1C. The number of carbonyl (C=O) groups excluding carboxylic acids is 1. The lowest BCUT2D eigenvalue weighted by molar-refractivity contribution is 0.102. The topological polar surface area (TPSA) is 54.9 Å². The van der Waals surface area contributed by atoms with Crippen molar-refractivity contribution < 1.29 is 4.79 Å². The van der Waals surface area contributed by atoms with Gasteiger partial charge in [-0.3, -0.25) is 14.8 Å². The number of amides is 1. The third-order valence-corrected chi connectivity index (χ3v) is 4.66. The van der Waals surface area contributed by atoms with Crippen molar-refractivity contribution in [3.8, 4) is 0 Å². The number of hydrogen-bond donors (Lipinski definition) is 1. The lowest BCUT2D eigenvalue weighted by Gasteiger charge is -2.14. The largest absolute Gasteiger partial charge is 0.322 e. The number of pyridine rings is 2. The van der Waals surface area contributed by atoms with Gasteiger partial charge in [0.05, 0.1) is 16.6 Å². The molecule has 0 saturated heterocycles. The first-order chi connectivity index (χ1) is 12.7. The molecule has 1 amide bonds. The number of carbonyl (C=O) groups is 1. The van der Waals surface area contributed by atoms with Gasteiger partial charge in [-0.05, 0) is 49.2 Å². The molecule has 4 rings (SSSR count). The summed E-state index contributed by atoms with van der Waals surface area (Å²) in [6.45, 7) is 4.03. The molecule has 0 saturated carbocycles. The molecule has 0 aliphatic rings. The Kier molecular flexibility index (Phi) is 4.09. The maximum Gasteiger partial charge on any atom is 0.256 e. The molecule has 1 N–H and O–H groups in total. The highest BCUT2D eigenvalue weighted by atomic mass is 16.1. The van der Waals surface area contributed by atoms with Crippen LogP contribution in [0.1, 0.15) is 28.5 Å². The van der Waals surface area contributed by atoms with Gasteiger partial charge < -0.3 is 5.32 Å². The van der Waals surface area contributed by atoms with E-state index in [1.54, 1.807) is 6.20 Å². The van der Waals surface area contributed by atoms with Crippen molar-refractivity contribution >= 4 is 33.4 Å². The van der Waals surface area contributed by atoms with Crippen molar-refractivity contribution in [2.45, 2.75) is 20.3 Å². The quantitative estimate of drug-likeness (QED) is 0.576. The molecule has 128 valence electrons. The second-order valence-corrected chi connectivity index (χ2v) is 6.29. The fraction of sp³-hybridized carbons (Fsp3) is 0.136. The second-order valence-electron chi connectivity index (χ2n) is 6.29. The van der Waals surface area contributed by atoms with E-state index in [4.69, 9.17) is 4.98 Å².